The summed E-state index contributed by atoms with van der Waals surface area (Å²) in [5, 5.41) is 38.6. The minimum atomic E-state index is -1.86. The van der Waals surface area contributed by atoms with Gasteiger partial charge in [0.1, 0.15) is 18.8 Å². The molecule has 28 heavy (non-hydrogen) atoms. The van der Waals surface area contributed by atoms with Gasteiger partial charge in [0.05, 0.1) is 14.2 Å². The summed E-state index contributed by atoms with van der Waals surface area (Å²) in [5.41, 5.74) is 0.649. The van der Waals surface area contributed by atoms with E-state index in [2.05, 4.69) is 0 Å². The molecule has 10 heteroatoms. The fraction of sp³-hybridized carbons (Fsp3) is 0.444. The average molecular weight is 398 g/mol. The summed E-state index contributed by atoms with van der Waals surface area (Å²) in [6.45, 7) is 0.957. The van der Waals surface area contributed by atoms with E-state index in [1.54, 1.807) is 0 Å². The normalized spacial score (nSPS) is 25.1. The summed E-state index contributed by atoms with van der Waals surface area (Å²) in [5.74, 6) is -1.77. The van der Waals surface area contributed by atoms with E-state index in [1.807, 2.05) is 0 Å². The van der Waals surface area contributed by atoms with E-state index in [-0.39, 0.29) is 22.8 Å². The molecule has 4 N–H and O–H groups in total. The number of carbonyl (C=O) groups excluding carboxylic acids is 2. The van der Waals surface area contributed by atoms with Crippen molar-refractivity contribution in [2.24, 2.45) is 0 Å². The second kappa shape index (κ2) is 8.91. The van der Waals surface area contributed by atoms with Crippen molar-refractivity contribution in [3.05, 3.63) is 23.3 Å². The molecule has 0 saturated carbocycles. The highest BCUT2D eigenvalue weighted by molar-refractivity contribution is 5.93. The molecule has 1 aliphatic heterocycles. The van der Waals surface area contributed by atoms with Gasteiger partial charge in [-0.25, -0.2) is 9.59 Å². The van der Waals surface area contributed by atoms with E-state index in [4.69, 9.17) is 18.9 Å². The van der Waals surface area contributed by atoms with Gasteiger partial charge in [-0.15, -0.1) is 0 Å². The number of methoxy groups -OCH3 is 2. The highest BCUT2D eigenvalue weighted by Crippen LogP contribution is 2.37. The molecular weight excluding hydrogens is 376 g/mol. The Morgan fingerprint density at radius 3 is 2.25 bits per heavy atom. The quantitative estimate of drug-likeness (QED) is 0.360. The third-order valence-corrected chi connectivity index (χ3v) is 4.15. The molecule has 2 rings (SSSR count). The largest absolute Gasteiger partial charge is 0.502 e. The van der Waals surface area contributed by atoms with Crippen molar-refractivity contribution in [3.8, 4) is 17.2 Å². The van der Waals surface area contributed by atoms with Crippen LogP contribution in [0.1, 0.15) is 12.5 Å². The van der Waals surface area contributed by atoms with Crippen molar-refractivity contribution < 1.29 is 49.0 Å². The first-order valence-corrected chi connectivity index (χ1v) is 8.24. The molecule has 0 aliphatic carbocycles. The van der Waals surface area contributed by atoms with Crippen LogP contribution in [0.25, 0.3) is 6.08 Å². The lowest BCUT2D eigenvalue weighted by Crippen LogP contribution is -2.56. The smallest absolute Gasteiger partial charge is 0.338 e. The summed E-state index contributed by atoms with van der Waals surface area (Å²) in [6.07, 6.45) is -5.05. The topological polar surface area (TPSA) is 152 Å². The van der Waals surface area contributed by atoms with Gasteiger partial charge in [-0.1, -0.05) is 0 Å². The maximum absolute atomic E-state index is 12.2. The van der Waals surface area contributed by atoms with E-state index in [0.29, 0.717) is 5.56 Å². The zero-order valence-electron chi connectivity index (χ0n) is 15.5. The van der Waals surface area contributed by atoms with E-state index < -0.39 is 43.0 Å². The Labute approximate surface area is 160 Å². The molecule has 0 aromatic heterocycles. The summed E-state index contributed by atoms with van der Waals surface area (Å²) in [6, 6.07) is 2.97. The van der Waals surface area contributed by atoms with Gasteiger partial charge in [0.2, 0.25) is 5.75 Å². The third-order valence-electron chi connectivity index (χ3n) is 4.15. The van der Waals surface area contributed by atoms with Gasteiger partial charge < -0.3 is 39.4 Å². The van der Waals surface area contributed by atoms with Crippen LogP contribution in [0.3, 0.4) is 0 Å². The Balaban J connectivity index is 2.07. The van der Waals surface area contributed by atoms with Crippen LogP contribution in [0.2, 0.25) is 0 Å². The van der Waals surface area contributed by atoms with Crippen molar-refractivity contribution in [2.75, 3.05) is 20.8 Å². The van der Waals surface area contributed by atoms with Crippen molar-refractivity contribution in [1.29, 1.82) is 0 Å². The summed E-state index contributed by atoms with van der Waals surface area (Å²) in [7, 11) is 2.73. The number of benzene rings is 1. The summed E-state index contributed by atoms with van der Waals surface area (Å²) in [4.78, 5) is 23.6. The van der Waals surface area contributed by atoms with Crippen molar-refractivity contribution in [3.63, 3.8) is 0 Å². The predicted molar refractivity (Wildman–Crippen MR) is 93.7 cm³/mol. The summed E-state index contributed by atoms with van der Waals surface area (Å²) >= 11 is 0. The van der Waals surface area contributed by atoms with Gasteiger partial charge >= 0.3 is 11.9 Å². The van der Waals surface area contributed by atoms with Crippen LogP contribution in [0.5, 0.6) is 17.2 Å². The Hall–Kier alpha value is -2.82. The Morgan fingerprint density at radius 1 is 1.14 bits per heavy atom. The highest BCUT2D eigenvalue weighted by atomic mass is 16.6. The number of cyclic esters (lactones) is 1. The van der Waals surface area contributed by atoms with Crippen LogP contribution in [0, 0.1) is 0 Å². The molecule has 0 radical (unpaired) electrons. The highest BCUT2D eigenvalue weighted by Gasteiger charge is 2.44. The van der Waals surface area contributed by atoms with Crippen molar-refractivity contribution in [2.45, 2.75) is 31.3 Å². The standard InChI is InChI=1S/C18H22O10/c1-8(4-9-5-10(25-2)13(19)11(6-9)26-3)17(23)27-7-12-14(20)15(21)16(22)18(24)28-12/h4-6,12,14-16,19-22H,7H2,1-3H3/b8-4+/t12-,14-,15+,16-/m1/s1. The molecule has 1 saturated heterocycles. The minimum Gasteiger partial charge on any atom is -0.502 e. The Kier molecular flexibility index (Phi) is 6.84. The molecule has 1 fully saturated rings. The molecule has 10 nitrogen and oxygen atoms in total. The molecule has 154 valence electrons. The number of phenolic OH excluding ortho intramolecular Hbond substituents is 1. The first-order chi connectivity index (χ1) is 13.2. The molecule has 0 unspecified atom stereocenters. The number of aromatic hydroxyl groups is 1. The van der Waals surface area contributed by atoms with Gasteiger partial charge in [0.25, 0.3) is 0 Å². The molecule has 1 aromatic rings. The Morgan fingerprint density at radius 2 is 1.71 bits per heavy atom. The lowest BCUT2D eigenvalue weighted by atomic mass is 10.0. The molecule has 0 bridgehead atoms. The molecular formula is C18H22O10. The molecule has 1 aromatic carbocycles. The Bertz CT molecular complexity index is 747. The van der Waals surface area contributed by atoms with Crippen molar-refractivity contribution >= 4 is 18.0 Å². The van der Waals surface area contributed by atoms with Gasteiger partial charge in [0, 0.05) is 5.57 Å². The second-order valence-electron chi connectivity index (χ2n) is 6.10. The molecule has 1 aliphatic rings. The molecule has 0 amide bonds. The monoisotopic (exact) mass is 398 g/mol. The molecule has 0 spiro atoms. The van der Waals surface area contributed by atoms with Crippen LogP contribution >= 0.6 is 0 Å². The van der Waals surface area contributed by atoms with Gasteiger partial charge in [0.15, 0.2) is 23.7 Å². The van der Waals surface area contributed by atoms with E-state index >= 15 is 0 Å². The van der Waals surface area contributed by atoms with Crippen LogP contribution in [0.15, 0.2) is 17.7 Å². The van der Waals surface area contributed by atoms with Crippen LogP contribution < -0.4 is 9.47 Å². The second-order valence-corrected chi connectivity index (χ2v) is 6.10. The fourth-order valence-electron chi connectivity index (χ4n) is 2.55. The number of esters is 2. The number of phenols is 1. The van der Waals surface area contributed by atoms with Crippen LogP contribution in [-0.2, 0) is 19.1 Å². The SMILES string of the molecule is COc1cc(/C=C(\C)C(=O)OC[C@H]2OC(=O)[C@H](O)[C@@H](O)[C@@H]2O)cc(OC)c1O. The first kappa shape index (κ1) is 21.5. The zero-order valence-corrected chi connectivity index (χ0v) is 15.5. The predicted octanol–water partition coefficient (Wildman–Crippen LogP) is -0.636. The maximum Gasteiger partial charge on any atom is 0.338 e. The fourth-order valence-corrected chi connectivity index (χ4v) is 2.55. The number of hydrogen-bond donors (Lipinski definition) is 4. The van der Waals surface area contributed by atoms with Gasteiger partial charge in [-0.3, -0.25) is 0 Å². The number of hydrogen-bond acceptors (Lipinski definition) is 10. The van der Waals surface area contributed by atoms with Gasteiger partial charge in [-0.05, 0) is 30.7 Å². The number of ether oxygens (including phenoxy) is 4. The molecule has 1 heterocycles. The van der Waals surface area contributed by atoms with Gasteiger partial charge in [-0.2, -0.15) is 0 Å². The lowest BCUT2D eigenvalue weighted by Gasteiger charge is -2.33. The first-order valence-electron chi connectivity index (χ1n) is 8.24. The van der Waals surface area contributed by atoms with Crippen molar-refractivity contribution in [1.82, 2.24) is 0 Å². The van der Waals surface area contributed by atoms with E-state index in [1.165, 1.54) is 39.4 Å². The number of aliphatic hydroxyl groups is 3. The molecule has 4 atom stereocenters. The number of aliphatic hydroxyl groups excluding tert-OH is 3. The number of carbonyl (C=O) groups is 2. The van der Waals surface area contributed by atoms with E-state index in [9.17, 15) is 30.0 Å². The third kappa shape index (κ3) is 4.53. The minimum absolute atomic E-state index is 0.150. The number of rotatable bonds is 6. The van der Waals surface area contributed by atoms with E-state index in [0.717, 1.165) is 0 Å². The summed E-state index contributed by atoms with van der Waals surface area (Å²) < 4.78 is 19.8. The average Bonchev–Trinajstić information content (AvgIpc) is 2.68. The lowest BCUT2D eigenvalue weighted by molar-refractivity contribution is -0.209. The zero-order chi connectivity index (χ0) is 21.0. The van der Waals surface area contributed by atoms with Crippen LogP contribution in [0.4, 0.5) is 0 Å². The van der Waals surface area contributed by atoms with Crippen LogP contribution in [-0.4, -0.2) is 77.6 Å². The maximum atomic E-state index is 12.2.